The molecule has 0 aromatic carbocycles. The third-order valence-corrected chi connectivity index (χ3v) is 1.98. The SMILES string of the molecule is COC(=O)c1ccc2[nH]nc(C)c2n1. The number of esters is 1. The van der Waals surface area contributed by atoms with Gasteiger partial charge in [0.15, 0.2) is 0 Å². The zero-order valence-corrected chi connectivity index (χ0v) is 7.87. The molecule has 14 heavy (non-hydrogen) atoms. The number of methoxy groups -OCH3 is 1. The van der Waals surface area contributed by atoms with Crippen LogP contribution in [-0.2, 0) is 4.74 Å². The molecule has 2 rings (SSSR count). The van der Waals surface area contributed by atoms with Gasteiger partial charge in [-0.15, -0.1) is 0 Å². The lowest BCUT2D eigenvalue weighted by Crippen LogP contribution is -2.03. The van der Waals surface area contributed by atoms with Crippen molar-refractivity contribution in [1.82, 2.24) is 15.2 Å². The maximum absolute atomic E-state index is 11.2. The zero-order valence-electron chi connectivity index (χ0n) is 7.87. The first kappa shape index (κ1) is 8.68. The fraction of sp³-hybridized carbons (Fsp3) is 0.222. The Bertz CT molecular complexity index is 490. The van der Waals surface area contributed by atoms with Gasteiger partial charge in [0.2, 0.25) is 0 Å². The summed E-state index contributed by atoms with van der Waals surface area (Å²) in [5.74, 6) is -0.437. The summed E-state index contributed by atoms with van der Waals surface area (Å²) in [5, 5.41) is 6.79. The lowest BCUT2D eigenvalue weighted by molar-refractivity contribution is 0.0594. The van der Waals surface area contributed by atoms with Crippen LogP contribution >= 0.6 is 0 Å². The van der Waals surface area contributed by atoms with Crippen LogP contribution in [0.5, 0.6) is 0 Å². The molecule has 2 aromatic rings. The van der Waals surface area contributed by atoms with E-state index in [0.717, 1.165) is 11.2 Å². The Morgan fingerprint density at radius 1 is 1.50 bits per heavy atom. The maximum atomic E-state index is 11.2. The molecular formula is C9H9N3O2. The number of hydrogen-bond acceptors (Lipinski definition) is 4. The molecular weight excluding hydrogens is 182 g/mol. The average molecular weight is 191 g/mol. The van der Waals surface area contributed by atoms with Crippen LogP contribution in [0, 0.1) is 6.92 Å². The van der Waals surface area contributed by atoms with E-state index in [-0.39, 0.29) is 0 Å². The molecule has 0 unspecified atom stereocenters. The van der Waals surface area contributed by atoms with Crippen molar-refractivity contribution in [1.29, 1.82) is 0 Å². The third-order valence-electron chi connectivity index (χ3n) is 1.98. The van der Waals surface area contributed by atoms with Crippen molar-refractivity contribution >= 4 is 17.0 Å². The van der Waals surface area contributed by atoms with Gasteiger partial charge in [-0.25, -0.2) is 9.78 Å². The van der Waals surface area contributed by atoms with E-state index in [1.807, 2.05) is 6.92 Å². The Labute approximate surface area is 80.1 Å². The van der Waals surface area contributed by atoms with Crippen LogP contribution in [-0.4, -0.2) is 28.3 Å². The van der Waals surface area contributed by atoms with Crippen molar-refractivity contribution in [3.63, 3.8) is 0 Å². The number of rotatable bonds is 1. The molecule has 0 saturated carbocycles. The van der Waals surface area contributed by atoms with Gasteiger partial charge in [-0.1, -0.05) is 0 Å². The van der Waals surface area contributed by atoms with Gasteiger partial charge in [0.1, 0.15) is 11.2 Å². The molecule has 0 aliphatic rings. The number of hydrogen-bond donors (Lipinski definition) is 1. The number of nitrogens with one attached hydrogen (secondary N) is 1. The van der Waals surface area contributed by atoms with Crippen LogP contribution in [0.15, 0.2) is 12.1 Å². The minimum atomic E-state index is -0.437. The Morgan fingerprint density at radius 2 is 2.29 bits per heavy atom. The Kier molecular flexibility index (Phi) is 1.92. The van der Waals surface area contributed by atoms with Crippen molar-refractivity contribution in [2.45, 2.75) is 6.92 Å². The van der Waals surface area contributed by atoms with Gasteiger partial charge in [-0.05, 0) is 19.1 Å². The van der Waals surface area contributed by atoms with Crippen LogP contribution in [0.2, 0.25) is 0 Å². The summed E-state index contributed by atoms with van der Waals surface area (Å²) in [7, 11) is 1.33. The highest BCUT2D eigenvalue weighted by Gasteiger charge is 2.09. The molecule has 5 nitrogen and oxygen atoms in total. The monoisotopic (exact) mass is 191 g/mol. The van der Waals surface area contributed by atoms with Crippen molar-refractivity contribution in [2.24, 2.45) is 0 Å². The van der Waals surface area contributed by atoms with E-state index < -0.39 is 5.97 Å². The number of carbonyl (C=O) groups is 1. The van der Waals surface area contributed by atoms with Crippen molar-refractivity contribution in [3.05, 3.63) is 23.5 Å². The van der Waals surface area contributed by atoms with Gasteiger partial charge in [0, 0.05) is 0 Å². The number of carbonyl (C=O) groups excluding carboxylic acids is 1. The second-order valence-electron chi connectivity index (χ2n) is 2.89. The molecule has 0 aliphatic carbocycles. The average Bonchev–Trinajstić information content (AvgIpc) is 2.59. The van der Waals surface area contributed by atoms with Crippen LogP contribution in [0.3, 0.4) is 0 Å². The summed E-state index contributed by atoms with van der Waals surface area (Å²) >= 11 is 0. The highest BCUT2D eigenvalue weighted by Crippen LogP contribution is 2.13. The van der Waals surface area contributed by atoms with Crippen LogP contribution < -0.4 is 0 Å². The highest BCUT2D eigenvalue weighted by molar-refractivity contribution is 5.90. The second-order valence-corrected chi connectivity index (χ2v) is 2.89. The summed E-state index contributed by atoms with van der Waals surface area (Å²) in [6.45, 7) is 1.83. The van der Waals surface area contributed by atoms with E-state index in [4.69, 9.17) is 0 Å². The summed E-state index contributed by atoms with van der Waals surface area (Å²) in [6.07, 6.45) is 0. The Morgan fingerprint density at radius 3 is 3.00 bits per heavy atom. The van der Waals surface area contributed by atoms with Crippen LogP contribution in [0.4, 0.5) is 0 Å². The van der Waals surface area contributed by atoms with E-state index in [0.29, 0.717) is 11.2 Å². The number of H-pyrrole nitrogens is 1. The smallest absolute Gasteiger partial charge is 0.356 e. The molecule has 0 radical (unpaired) electrons. The van der Waals surface area contributed by atoms with E-state index >= 15 is 0 Å². The molecule has 2 aromatic heterocycles. The fourth-order valence-corrected chi connectivity index (χ4v) is 1.24. The molecule has 0 fully saturated rings. The first-order valence-electron chi connectivity index (χ1n) is 4.12. The number of nitrogens with zero attached hydrogens (tertiary/aromatic N) is 2. The molecule has 72 valence electrons. The molecule has 0 amide bonds. The maximum Gasteiger partial charge on any atom is 0.356 e. The van der Waals surface area contributed by atoms with Crippen LogP contribution in [0.25, 0.3) is 11.0 Å². The number of aromatic nitrogens is 3. The van der Waals surface area contributed by atoms with Crippen LogP contribution in [0.1, 0.15) is 16.2 Å². The summed E-state index contributed by atoms with van der Waals surface area (Å²) < 4.78 is 4.57. The summed E-state index contributed by atoms with van der Waals surface area (Å²) in [6, 6.07) is 3.36. The number of fused-ring (bicyclic) bond motifs is 1. The van der Waals surface area contributed by atoms with Crippen molar-refractivity contribution < 1.29 is 9.53 Å². The lowest BCUT2D eigenvalue weighted by atomic mass is 10.3. The quantitative estimate of drug-likeness (QED) is 0.684. The van der Waals surface area contributed by atoms with E-state index in [9.17, 15) is 4.79 Å². The number of pyridine rings is 1. The third kappa shape index (κ3) is 1.22. The summed E-state index contributed by atoms with van der Waals surface area (Å²) in [4.78, 5) is 15.3. The van der Waals surface area contributed by atoms with Crippen molar-refractivity contribution in [2.75, 3.05) is 7.11 Å². The number of aromatic amines is 1. The van der Waals surface area contributed by atoms with Gasteiger partial charge in [0.05, 0.1) is 18.3 Å². The molecule has 1 N–H and O–H groups in total. The first-order valence-corrected chi connectivity index (χ1v) is 4.12. The van der Waals surface area contributed by atoms with Gasteiger partial charge in [0.25, 0.3) is 0 Å². The largest absolute Gasteiger partial charge is 0.464 e. The molecule has 0 bridgehead atoms. The standard InChI is InChI=1S/C9H9N3O2/c1-5-8-6(12-11-5)3-4-7(10-8)9(13)14-2/h3-4H,1-2H3,(H,11,12). The normalized spacial score (nSPS) is 10.4. The van der Waals surface area contributed by atoms with Crippen molar-refractivity contribution in [3.8, 4) is 0 Å². The second kappa shape index (κ2) is 3.10. The molecule has 0 aliphatic heterocycles. The van der Waals surface area contributed by atoms with Gasteiger partial charge in [-0.2, -0.15) is 5.10 Å². The highest BCUT2D eigenvalue weighted by atomic mass is 16.5. The molecule has 5 heteroatoms. The lowest BCUT2D eigenvalue weighted by Gasteiger charge is -1.97. The molecule has 0 atom stereocenters. The van der Waals surface area contributed by atoms with E-state index in [1.54, 1.807) is 12.1 Å². The minimum absolute atomic E-state index is 0.296. The molecule has 2 heterocycles. The topological polar surface area (TPSA) is 67.9 Å². The first-order chi connectivity index (χ1) is 6.72. The molecule has 0 spiro atoms. The van der Waals surface area contributed by atoms with Gasteiger partial charge in [-0.3, -0.25) is 5.10 Å². The van der Waals surface area contributed by atoms with E-state index in [2.05, 4.69) is 19.9 Å². The van der Waals surface area contributed by atoms with Gasteiger partial charge < -0.3 is 4.74 Å². The summed E-state index contributed by atoms with van der Waals surface area (Å²) in [5.41, 5.74) is 2.58. The minimum Gasteiger partial charge on any atom is -0.464 e. The Balaban J connectivity index is 2.60. The fourth-order valence-electron chi connectivity index (χ4n) is 1.24. The Hall–Kier alpha value is -1.91. The predicted octanol–water partition coefficient (Wildman–Crippen LogP) is 1.05. The molecule has 0 saturated heterocycles. The van der Waals surface area contributed by atoms with Gasteiger partial charge >= 0.3 is 5.97 Å². The number of ether oxygens (including phenoxy) is 1. The zero-order chi connectivity index (χ0) is 10.1. The number of aryl methyl sites for hydroxylation is 1. The predicted molar refractivity (Wildman–Crippen MR) is 50.0 cm³/mol. The van der Waals surface area contributed by atoms with E-state index in [1.165, 1.54) is 7.11 Å².